The molecule has 0 aromatic carbocycles. The van der Waals surface area contributed by atoms with E-state index in [0.717, 1.165) is 18.5 Å². The highest BCUT2D eigenvalue weighted by atomic mass is 35.5. The van der Waals surface area contributed by atoms with Crippen LogP contribution < -0.4 is 5.32 Å². The molecular formula is C14H22ClN3O. The molecule has 19 heavy (non-hydrogen) atoms. The summed E-state index contributed by atoms with van der Waals surface area (Å²) in [4.78, 5) is 18.0. The quantitative estimate of drug-likeness (QED) is 0.921. The monoisotopic (exact) mass is 283 g/mol. The third-order valence-corrected chi connectivity index (χ3v) is 3.75. The second-order valence-electron chi connectivity index (χ2n) is 4.96. The van der Waals surface area contributed by atoms with Crippen LogP contribution in [0.3, 0.4) is 0 Å². The van der Waals surface area contributed by atoms with E-state index in [-0.39, 0.29) is 24.4 Å². The number of rotatable bonds is 4. The van der Waals surface area contributed by atoms with Crippen LogP contribution in [-0.4, -0.2) is 35.4 Å². The van der Waals surface area contributed by atoms with Gasteiger partial charge in [0.15, 0.2) is 0 Å². The van der Waals surface area contributed by atoms with Crippen LogP contribution in [0.25, 0.3) is 0 Å². The van der Waals surface area contributed by atoms with Crippen molar-refractivity contribution in [1.29, 1.82) is 0 Å². The summed E-state index contributed by atoms with van der Waals surface area (Å²) in [6, 6.07) is 4.39. The number of amides is 1. The van der Waals surface area contributed by atoms with Crippen molar-refractivity contribution in [1.82, 2.24) is 15.2 Å². The predicted octanol–water partition coefficient (Wildman–Crippen LogP) is 2.16. The van der Waals surface area contributed by atoms with Gasteiger partial charge >= 0.3 is 0 Å². The third-order valence-electron chi connectivity index (χ3n) is 3.75. The van der Waals surface area contributed by atoms with Crippen LogP contribution >= 0.6 is 12.4 Å². The lowest BCUT2D eigenvalue weighted by Crippen LogP contribution is -2.34. The van der Waals surface area contributed by atoms with Gasteiger partial charge in [0.25, 0.3) is 0 Å². The molecule has 4 nitrogen and oxygen atoms in total. The Morgan fingerprint density at radius 1 is 1.53 bits per heavy atom. The Morgan fingerprint density at radius 3 is 2.79 bits per heavy atom. The molecule has 1 amide bonds. The first-order chi connectivity index (χ1) is 8.68. The molecule has 1 N–H and O–H groups in total. The second kappa shape index (κ2) is 7.46. The van der Waals surface area contributed by atoms with Crippen molar-refractivity contribution in [2.45, 2.75) is 38.3 Å². The van der Waals surface area contributed by atoms with Crippen LogP contribution in [0.15, 0.2) is 24.5 Å². The van der Waals surface area contributed by atoms with E-state index in [9.17, 15) is 4.79 Å². The molecular weight excluding hydrogens is 262 g/mol. The van der Waals surface area contributed by atoms with Crippen LogP contribution in [0.4, 0.5) is 0 Å². The van der Waals surface area contributed by atoms with Gasteiger partial charge in [-0.05, 0) is 44.0 Å². The lowest BCUT2D eigenvalue weighted by Gasteiger charge is -2.26. The minimum atomic E-state index is 0. The van der Waals surface area contributed by atoms with E-state index in [1.807, 2.05) is 24.1 Å². The summed E-state index contributed by atoms with van der Waals surface area (Å²) < 4.78 is 0. The number of pyridine rings is 1. The Morgan fingerprint density at radius 2 is 2.21 bits per heavy atom. The number of nitrogens with one attached hydrogen (secondary N) is 1. The van der Waals surface area contributed by atoms with Crippen LogP contribution in [0.2, 0.25) is 0 Å². The van der Waals surface area contributed by atoms with Gasteiger partial charge in [-0.3, -0.25) is 9.78 Å². The number of nitrogens with zero attached hydrogens (tertiary/aromatic N) is 2. The zero-order valence-electron chi connectivity index (χ0n) is 11.5. The van der Waals surface area contributed by atoms with E-state index < -0.39 is 0 Å². The van der Waals surface area contributed by atoms with E-state index in [4.69, 9.17) is 0 Å². The maximum atomic E-state index is 12.2. The number of halogens is 1. The molecule has 0 bridgehead atoms. The van der Waals surface area contributed by atoms with Gasteiger partial charge < -0.3 is 10.2 Å². The van der Waals surface area contributed by atoms with Crippen molar-refractivity contribution in [2.75, 3.05) is 13.6 Å². The summed E-state index contributed by atoms with van der Waals surface area (Å²) in [5.41, 5.74) is 1.13. The number of carbonyl (C=O) groups is 1. The molecule has 1 fully saturated rings. The standard InChI is InChI=1S/C14H21N3O.ClH/c1-11(12-5-8-15-9-6-12)17(2)14(18)10-13-4-3-7-16-13;/h5-6,8-9,11,13,16H,3-4,7,10H2,1-2H3;1H. The smallest absolute Gasteiger partial charge is 0.224 e. The molecule has 5 heteroatoms. The van der Waals surface area contributed by atoms with Gasteiger partial charge in [-0.15, -0.1) is 12.4 Å². The van der Waals surface area contributed by atoms with E-state index in [0.29, 0.717) is 12.5 Å². The molecule has 2 rings (SSSR count). The topological polar surface area (TPSA) is 45.2 Å². The SMILES string of the molecule is CC(c1ccncc1)N(C)C(=O)CC1CCCN1.Cl. The third kappa shape index (κ3) is 4.18. The van der Waals surface area contributed by atoms with Gasteiger partial charge in [-0.1, -0.05) is 0 Å². The van der Waals surface area contributed by atoms with Crippen molar-refractivity contribution < 1.29 is 4.79 Å². The first-order valence-electron chi connectivity index (χ1n) is 6.57. The second-order valence-corrected chi connectivity index (χ2v) is 4.96. The van der Waals surface area contributed by atoms with E-state index in [1.165, 1.54) is 6.42 Å². The molecule has 2 unspecified atom stereocenters. The number of hydrogen-bond acceptors (Lipinski definition) is 3. The van der Waals surface area contributed by atoms with Gasteiger partial charge in [0.05, 0.1) is 6.04 Å². The largest absolute Gasteiger partial charge is 0.339 e. The Bertz CT molecular complexity index is 393. The Balaban J connectivity index is 0.00000180. The maximum Gasteiger partial charge on any atom is 0.224 e. The summed E-state index contributed by atoms with van der Waals surface area (Å²) in [6.45, 7) is 3.09. The first kappa shape index (κ1) is 15.9. The van der Waals surface area contributed by atoms with Gasteiger partial charge in [0.2, 0.25) is 5.91 Å². The highest BCUT2D eigenvalue weighted by Gasteiger charge is 2.22. The Labute approximate surface area is 121 Å². The number of hydrogen-bond donors (Lipinski definition) is 1. The maximum absolute atomic E-state index is 12.2. The van der Waals surface area contributed by atoms with Crippen LogP contribution in [0.5, 0.6) is 0 Å². The fourth-order valence-corrected chi connectivity index (χ4v) is 2.37. The average Bonchev–Trinajstić information content (AvgIpc) is 2.91. The van der Waals surface area contributed by atoms with Gasteiger partial charge in [0, 0.05) is 31.9 Å². The van der Waals surface area contributed by atoms with E-state index in [2.05, 4.69) is 17.2 Å². The molecule has 1 aromatic heterocycles. The molecule has 0 saturated carbocycles. The molecule has 1 aliphatic heterocycles. The van der Waals surface area contributed by atoms with Crippen molar-refractivity contribution in [3.05, 3.63) is 30.1 Å². The highest BCUT2D eigenvalue weighted by molar-refractivity contribution is 5.85. The molecule has 0 radical (unpaired) electrons. The summed E-state index contributed by atoms with van der Waals surface area (Å²) in [5, 5.41) is 3.36. The number of aromatic nitrogens is 1. The molecule has 2 heterocycles. The lowest BCUT2D eigenvalue weighted by molar-refractivity contribution is -0.132. The minimum absolute atomic E-state index is 0. The van der Waals surface area contributed by atoms with E-state index in [1.54, 1.807) is 12.4 Å². The molecule has 0 aliphatic carbocycles. The molecule has 0 spiro atoms. The average molecular weight is 284 g/mol. The van der Waals surface area contributed by atoms with Crippen molar-refractivity contribution in [2.24, 2.45) is 0 Å². The van der Waals surface area contributed by atoms with E-state index >= 15 is 0 Å². The van der Waals surface area contributed by atoms with Crippen molar-refractivity contribution >= 4 is 18.3 Å². The summed E-state index contributed by atoms with van der Waals surface area (Å²) >= 11 is 0. The molecule has 106 valence electrons. The normalized spacial score (nSPS) is 19.6. The van der Waals surface area contributed by atoms with Crippen LogP contribution in [0.1, 0.15) is 37.8 Å². The summed E-state index contributed by atoms with van der Waals surface area (Å²) in [7, 11) is 1.88. The van der Waals surface area contributed by atoms with Crippen LogP contribution in [0, 0.1) is 0 Å². The van der Waals surface area contributed by atoms with Gasteiger partial charge in [0.1, 0.15) is 0 Å². The van der Waals surface area contributed by atoms with Gasteiger partial charge in [-0.25, -0.2) is 0 Å². The summed E-state index contributed by atoms with van der Waals surface area (Å²) in [6.07, 6.45) is 6.43. The highest BCUT2D eigenvalue weighted by Crippen LogP contribution is 2.19. The fraction of sp³-hybridized carbons (Fsp3) is 0.571. The summed E-state index contributed by atoms with van der Waals surface area (Å²) in [5.74, 6) is 0.207. The lowest BCUT2D eigenvalue weighted by atomic mass is 10.1. The number of carbonyl (C=O) groups excluding carboxylic acids is 1. The van der Waals surface area contributed by atoms with Crippen molar-refractivity contribution in [3.8, 4) is 0 Å². The first-order valence-corrected chi connectivity index (χ1v) is 6.57. The molecule has 2 atom stereocenters. The minimum Gasteiger partial charge on any atom is -0.339 e. The Kier molecular flexibility index (Phi) is 6.25. The van der Waals surface area contributed by atoms with Crippen molar-refractivity contribution in [3.63, 3.8) is 0 Å². The predicted molar refractivity (Wildman–Crippen MR) is 78.3 cm³/mol. The zero-order chi connectivity index (χ0) is 13.0. The zero-order valence-corrected chi connectivity index (χ0v) is 12.3. The molecule has 1 saturated heterocycles. The fourth-order valence-electron chi connectivity index (χ4n) is 2.37. The molecule has 1 aliphatic rings. The van der Waals surface area contributed by atoms with Crippen LogP contribution in [-0.2, 0) is 4.79 Å². The van der Waals surface area contributed by atoms with Gasteiger partial charge in [-0.2, -0.15) is 0 Å². The molecule has 1 aromatic rings. The Hall–Kier alpha value is -1.13.